The van der Waals surface area contributed by atoms with E-state index in [9.17, 15) is 24.5 Å². The number of nitro groups is 1. The molecule has 4 aromatic rings. The van der Waals surface area contributed by atoms with Gasteiger partial charge in [-0.3, -0.25) is 24.0 Å². The molecule has 0 radical (unpaired) electrons. The third kappa shape index (κ3) is 3.54. The summed E-state index contributed by atoms with van der Waals surface area (Å²) >= 11 is 0. The van der Waals surface area contributed by atoms with Crippen molar-refractivity contribution in [3.63, 3.8) is 0 Å². The van der Waals surface area contributed by atoms with E-state index in [0.29, 0.717) is 5.56 Å². The molecular weight excluding hydrogens is 440 g/mol. The van der Waals surface area contributed by atoms with Crippen molar-refractivity contribution in [3.05, 3.63) is 91.1 Å². The Morgan fingerprint density at radius 1 is 1.03 bits per heavy atom. The third-order valence-corrected chi connectivity index (χ3v) is 5.49. The van der Waals surface area contributed by atoms with E-state index < -0.39 is 22.1 Å². The first-order chi connectivity index (χ1) is 16.3. The molecule has 2 aromatic heterocycles. The molecule has 0 fully saturated rings. The molecule has 10 heteroatoms. The first kappa shape index (κ1) is 22.6. The number of rotatable bonds is 5. The average molecular weight is 460 g/mol. The van der Waals surface area contributed by atoms with Crippen LogP contribution < -0.4 is 11.2 Å². The number of aryl methyl sites for hydroxylation is 1. The quantitative estimate of drug-likeness (QED) is 0.254. The Hall–Kier alpha value is -4.60. The van der Waals surface area contributed by atoms with Gasteiger partial charge in [0, 0.05) is 31.3 Å². The minimum Gasteiger partial charge on any atom is -0.462 e. The number of nitro benzene ring substituents is 1. The predicted molar refractivity (Wildman–Crippen MR) is 126 cm³/mol. The van der Waals surface area contributed by atoms with Crippen molar-refractivity contribution in [1.29, 1.82) is 0 Å². The van der Waals surface area contributed by atoms with E-state index in [1.165, 1.54) is 36.9 Å². The monoisotopic (exact) mass is 460 g/mol. The molecule has 10 nitrogen and oxygen atoms in total. The summed E-state index contributed by atoms with van der Waals surface area (Å²) in [5, 5.41) is 11.8. The van der Waals surface area contributed by atoms with Crippen molar-refractivity contribution in [2.24, 2.45) is 14.1 Å². The minimum absolute atomic E-state index is 0.00634. The summed E-state index contributed by atoms with van der Waals surface area (Å²) in [5.41, 5.74) is -1.08. The molecule has 0 saturated heterocycles. The molecule has 0 aliphatic heterocycles. The van der Waals surface area contributed by atoms with Gasteiger partial charge in [0.25, 0.3) is 11.2 Å². The standard InChI is InChI=1S/C24H20N4O6/c1-4-34-23(30)18-17(15-12-8-9-13-16(15)28(32)33)19-21(26(2)24(31)27(3)22(19)29)25-20(18)14-10-6-5-7-11-14/h5-13H,4H2,1-3H3. The van der Waals surface area contributed by atoms with Crippen molar-refractivity contribution >= 4 is 22.7 Å². The largest absolute Gasteiger partial charge is 0.462 e. The van der Waals surface area contributed by atoms with Gasteiger partial charge in [0.1, 0.15) is 0 Å². The number of carbonyl (C=O) groups is 1. The molecular formula is C24H20N4O6. The maximum Gasteiger partial charge on any atom is 0.341 e. The highest BCUT2D eigenvalue weighted by Crippen LogP contribution is 2.39. The highest BCUT2D eigenvalue weighted by molar-refractivity contribution is 6.11. The normalized spacial score (nSPS) is 10.9. The van der Waals surface area contributed by atoms with Crippen LogP contribution in [0.5, 0.6) is 0 Å². The second-order valence-electron chi connectivity index (χ2n) is 7.48. The van der Waals surface area contributed by atoms with Crippen LogP contribution in [0.4, 0.5) is 5.69 Å². The molecule has 0 bridgehead atoms. The third-order valence-electron chi connectivity index (χ3n) is 5.49. The Kier molecular flexibility index (Phi) is 5.80. The summed E-state index contributed by atoms with van der Waals surface area (Å²) in [6.07, 6.45) is 0. The summed E-state index contributed by atoms with van der Waals surface area (Å²) in [4.78, 5) is 55.2. The van der Waals surface area contributed by atoms with Crippen molar-refractivity contribution in [2.45, 2.75) is 6.92 Å². The molecule has 34 heavy (non-hydrogen) atoms. The Morgan fingerprint density at radius 2 is 1.68 bits per heavy atom. The summed E-state index contributed by atoms with van der Waals surface area (Å²) < 4.78 is 7.35. The van der Waals surface area contributed by atoms with Crippen LogP contribution in [-0.2, 0) is 18.8 Å². The molecule has 0 spiro atoms. The van der Waals surface area contributed by atoms with Gasteiger partial charge in [-0.2, -0.15) is 0 Å². The molecule has 172 valence electrons. The molecule has 0 aliphatic rings. The van der Waals surface area contributed by atoms with Crippen LogP contribution in [0.1, 0.15) is 17.3 Å². The number of esters is 1. The molecule has 0 amide bonds. The van der Waals surface area contributed by atoms with Crippen LogP contribution >= 0.6 is 0 Å². The van der Waals surface area contributed by atoms with E-state index in [1.807, 2.05) is 0 Å². The van der Waals surface area contributed by atoms with E-state index in [-0.39, 0.29) is 45.7 Å². The fourth-order valence-corrected chi connectivity index (χ4v) is 3.91. The molecule has 0 unspecified atom stereocenters. The number of aromatic nitrogens is 3. The van der Waals surface area contributed by atoms with Crippen LogP contribution in [0.3, 0.4) is 0 Å². The molecule has 0 saturated carbocycles. The molecule has 2 aromatic carbocycles. The SMILES string of the molecule is CCOC(=O)c1c(-c2ccccc2)nc2c(c1-c1ccccc1[N+](=O)[O-])c(=O)n(C)c(=O)n2C. The lowest BCUT2D eigenvalue weighted by atomic mass is 9.92. The predicted octanol–water partition coefficient (Wildman–Crippen LogP) is 3.05. The van der Waals surface area contributed by atoms with Gasteiger partial charge in [0.2, 0.25) is 0 Å². The van der Waals surface area contributed by atoms with Crippen LogP contribution in [0.25, 0.3) is 33.4 Å². The first-order valence-corrected chi connectivity index (χ1v) is 10.4. The van der Waals surface area contributed by atoms with Crippen molar-refractivity contribution in [1.82, 2.24) is 14.1 Å². The Morgan fingerprint density at radius 3 is 2.32 bits per heavy atom. The van der Waals surface area contributed by atoms with Crippen molar-refractivity contribution in [3.8, 4) is 22.4 Å². The zero-order valence-electron chi connectivity index (χ0n) is 18.6. The summed E-state index contributed by atoms with van der Waals surface area (Å²) in [6, 6.07) is 14.5. The highest BCUT2D eigenvalue weighted by atomic mass is 16.6. The van der Waals surface area contributed by atoms with Crippen LogP contribution in [0, 0.1) is 10.1 Å². The molecule has 0 aliphatic carbocycles. The topological polar surface area (TPSA) is 126 Å². The van der Waals surface area contributed by atoms with Gasteiger partial charge in [-0.25, -0.2) is 14.6 Å². The molecule has 2 heterocycles. The summed E-state index contributed by atoms with van der Waals surface area (Å²) in [7, 11) is 2.74. The van der Waals surface area contributed by atoms with Gasteiger partial charge in [-0.15, -0.1) is 0 Å². The van der Waals surface area contributed by atoms with Gasteiger partial charge < -0.3 is 4.74 Å². The first-order valence-electron chi connectivity index (χ1n) is 10.4. The fourth-order valence-electron chi connectivity index (χ4n) is 3.91. The number of carbonyl (C=O) groups excluding carboxylic acids is 1. The Bertz CT molecular complexity index is 1570. The maximum atomic E-state index is 13.3. The number of fused-ring (bicyclic) bond motifs is 1. The van der Waals surface area contributed by atoms with Gasteiger partial charge in [0.05, 0.1) is 33.7 Å². The Balaban J connectivity index is 2.36. The second kappa shape index (κ2) is 8.74. The maximum absolute atomic E-state index is 13.3. The van der Waals surface area contributed by atoms with E-state index in [4.69, 9.17) is 4.74 Å². The van der Waals surface area contributed by atoms with Crippen molar-refractivity contribution in [2.75, 3.05) is 6.61 Å². The van der Waals surface area contributed by atoms with Gasteiger partial charge in [-0.05, 0) is 13.0 Å². The Labute approximate surface area is 192 Å². The van der Waals surface area contributed by atoms with E-state index in [0.717, 1.165) is 4.57 Å². The van der Waals surface area contributed by atoms with Crippen LogP contribution in [0.2, 0.25) is 0 Å². The number of para-hydroxylation sites is 1. The number of hydrogen-bond donors (Lipinski definition) is 0. The van der Waals surface area contributed by atoms with Gasteiger partial charge >= 0.3 is 11.7 Å². The smallest absolute Gasteiger partial charge is 0.341 e. The van der Waals surface area contributed by atoms with E-state index in [2.05, 4.69) is 4.98 Å². The molecule has 0 N–H and O–H groups in total. The number of nitrogens with zero attached hydrogens (tertiary/aromatic N) is 4. The van der Waals surface area contributed by atoms with Crippen molar-refractivity contribution < 1.29 is 14.5 Å². The number of benzene rings is 2. The lowest BCUT2D eigenvalue weighted by Crippen LogP contribution is -2.38. The van der Waals surface area contributed by atoms with E-state index >= 15 is 0 Å². The van der Waals surface area contributed by atoms with Crippen LogP contribution in [0.15, 0.2) is 64.2 Å². The van der Waals surface area contributed by atoms with Gasteiger partial charge in [0.15, 0.2) is 5.65 Å². The van der Waals surface area contributed by atoms with E-state index in [1.54, 1.807) is 43.3 Å². The average Bonchev–Trinajstić information content (AvgIpc) is 2.85. The number of pyridine rings is 1. The number of ether oxygens (including phenoxy) is 1. The number of hydrogen-bond acceptors (Lipinski definition) is 7. The fraction of sp³-hybridized carbons (Fsp3) is 0.167. The van der Waals surface area contributed by atoms with Gasteiger partial charge in [-0.1, -0.05) is 42.5 Å². The minimum atomic E-state index is -0.792. The second-order valence-corrected chi connectivity index (χ2v) is 7.48. The van der Waals surface area contributed by atoms with Crippen LogP contribution in [-0.4, -0.2) is 31.6 Å². The lowest BCUT2D eigenvalue weighted by Gasteiger charge is -2.18. The zero-order chi connectivity index (χ0) is 24.6. The lowest BCUT2D eigenvalue weighted by molar-refractivity contribution is -0.384. The highest BCUT2D eigenvalue weighted by Gasteiger charge is 2.30. The molecule has 0 atom stereocenters. The summed E-state index contributed by atoms with van der Waals surface area (Å²) in [6.45, 7) is 1.66. The summed E-state index contributed by atoms with van der Waals surface area (Å²) in [5.74, 6) is -0.792. The zero-order valence-corrected chi connectivity index (χ0v) is 18.6. The molecule has 4 rings (SSSR count).